The Labute approximate surface area is 101 Å². The molecule has 1 aromatic carbocycles. The highest BCUT2D eigenvalue weighted by Gasteiger charge is 2.08. The maximum Gasteiger partial charge on any atom is 0.310 e. The van der Waals surface area contributed by atoms with Gasteiger partial charge in [0.15, 0.2) is 11.5 Å². The first-order chi connectivity index (χ1) is 8.21. The molecule has 0 amide bonds. The topological polar surface area (TPSA) is 44.8 Å². The van der Waals surface area contributed by atoms with Gasteiger partial charge >= 0.3 is 5.97 Å². The van der Waals surface area contributed by atoms with Crippen LogP contribution in [0.5, 0.6) is 17.2 Å². The molecule has 1 rings (SSSR count). The van der Waals surface area contributed by atoms with E-state index in [-0.39, 0.29) is 5.97 Å². The molecule has 0 atom stereocenters. The van der Waals surface area contributed by atoms with Gasteiger partial charge in [0.2, 0.25) is 0 Å². The van der Waals surface area contributed by atoms with Gasteiger partial charge < -0.3 is 14.2 Å². The minimum Gasteiger partial charge on any atom is -0.490 e. The van der Waals surface area contributed by atoms with Gasteiger partial charge in [-0.2, -0.15) is 0 Å². The van der Waals surface area contributed by atoms with Crippen molar-refractivity contribution >= 4 is 5.97 Å². The van der Waals surface area contributed by atoms with Crippen molar-refractivity contribution in [2.45, 2.75) is 27.2 Å². The summed E-state index contributed by atoms with van der Waals surface area (Å²) in [5.41, 5.74) is 0. The number of esters is 1. The summed E-state index contributed by atoms with van der Waals surface area (Å²) in [5.74, 6) is 1.46. The van der Waals surface area contributed by atoms with E-state index in [4.69, 9.17) is 14.2 Å². The first-order valence-corrected chi connectivity index (χ1v) is 5.81. The summed E-state index contributed by atoms with van der Waals surface area (Å²) < 4.78 is 15.9. The number of hydrogen-bond acceptors (Lipinski definition) is 4. The van der Waals surface area contributed by atoms with E-state index in [1.807, 2.05) is 13.8 Å². The lowest BCUT2D eigenvalue weighted by Crippen LogP contribution is -2.06. The molecule has 0 saturated carbocycles. The molecule has 0 unspecified atom stereocenters. The van der Waals surface area contributed by atoms with Crippen molar-refractivity contribution in [2.75, 3.05) is 13.2 Å². The molecule has 0 aliphatic heterocycles. The van der Waals surface area contributed by atoms with E-state index in [2.05, 4.69) is 0 Å². The maximum absolute atomic E-state index is 11.2. The number of benzene rings is 1. The van der Waals surface area contributed by atoms with Gasteiger partial charge in [-0.15, -0.1) is 0 Å². The lowest BCUT2D eigenvalue weighted by Gasteiger charge is -2.12. The molecular weight excluding hydrogens is 220 g/mol. The highest BCUT2D eigenvalue weighted by Crippen LogP contribution is 2.31. The van der Waals surface area contributed by atoms with Crippen molar-refractivity contribution in [3.05, 3.63) is 18.2 Å². The predicted molar refractivity (Wildman–Crippen MR) is 64.7 cm³/mol. The molecule has 0 N–H and O–H groups in total. The first kappa shape index (κ1) is 13.4. The van der Waals surface area contributed by atoms with E-state index in [0.29, 0.717) is 36.9 Å². The number of hydrogen-bond donors (Lipinski definition) is 0. The second kappa shape index (κ2) is 6.78. The van der Waals surface area contributed by atoms with E-state index in [1.165, 1.54) is 0 Å². The van der Waals surface area contributed by atoms with Crippen LogP contribution in [0.15, 0.2) is 18.2 Å². The van der Waals surface area contributed by atoms with Crippen molar-refractivity contribution in [1.29, 1.82) is 0 Å². The molecule has 4 heteroatoms. The number of carbonyl (C=O) groups is 1. The molecule has 0 aromatic heterocycles. The second-order valence-corrected chi connectivity index (χ2v) is 3.30. The molecule has 0 aliphatic carbocycles. The van der Waals surface area contributed by atoms with E-state index in [1.54, 1.807) is 25.1 Å². The molecule has 0 heterocycles. The van der Waals surface area contributed by atoms with Crippen LogP contribution in [0, 0.1) is 0 Å². The summed E-state index contributed by atoms with van der Waals surface area (Å²) in [6.45, 7) is 6.64. The van der Waals surface area contributed by atoms with Crippen molar-refractivity contribution < 1.29 is 19.0 Å². The summed E-state index contributed by atoms with van der Waals surface area (Å²) in [4.78, 5) is 11.2. The lowest BCUT2D eigenvalue weighted by molar-refractivity contribution is -0.134. The smallest absolute Gasteiger partial charge is 0.310 e. The minimum atomic E-state index is -0.267. The average Bonchev–Trinajstić information content (AvgIpc) is 2.33. The van der Waals surface area contributed by atoms with Crippen LogP contribution in [0.1, 0.15) is 27.2 Å². The van der Waals surface area contributed by atoms with Crippen molar-refractivity contribution in [1.82, 2.24) is 0 Å². The van der Waals surface area contributed by atoms with Gasteiger partial charge in [-0.1, -0.05) is 6.92 Å². The van der Waals surface area contributed by atoms with Crippen LogP contribution in [0.3, 0.4) is 0 Å². The number of carbonyl (C=O) groups excluding carboxylic acids is 1. The third kappa shape index (κ3) is 3.98. The molecule has 17 heavy (non-hydrogen) atoms. The van der Waals surface area contributed by atoms with Gasteiger partial charge in [0.25, 0.3) is 0 Å². The molecule has 0 spiro atoms. The summed E-state index contributed by atoms with van der Waals surface area (Å²) in [7, 11) is 0. The normalized spacial score (nSPS) is 9.82. The Bertz CT molecular complexity index is 374. The molecule has 4 nitrogen and oxygen atoms in total. The largest absolute Gasteiger partial charge is 0.490 e. The Balaban J connectivity index is 2.88. The summed E-state index contributed by atoms with van der Waals surface area (Å²) in [6.07, 6.45) is 0.344. The van der Waals surface area contributed by atoms with Crippen LogP contribution in [0.2, 0.25) is 0 Å². The molecule has 94 valence electrons. The average molecular weight is 238 g/mol. The Morgan fingerprint density at radius 3 is 2.29 bits per heavy atom. The molecule has 0 radical (unpaired) electrons. The maximum atomic E-state index is 11.2. The van der Waals surface area contributed by atoms with Gasteiger partial charge in [-0.05, 0) is 26.0 Å². The van der Waals surface area contributed by atoms with E-state index >= 15 is 0 Å². The summed E-state index contributed by atoms with van der Waals surface area (Å²) in [5, 5.41) is 0. The van der Waals surface area contributed by atoms with Crippen LogP contribution in [-0.4, -0.2) is 19.2 Å². The Kier molecular flexibility index (Phi) is 5.33. The standard InChI is InChI=1S/C13H18O4/c1-4-13(14)17-10-7-8-11(15-5-2)12(9-10)16-6-3/h7-9H,4-6H2,1-3H3. The zero-order chi connectivity index (χ0) is 12.7. The Morgan fingerprint density at radius 2 is 1.71 bits per heavy atom. The lowest BCUT2D eigenvalue weighted by atomic mass is 10.3. The SMILES string of the molecule is CCOc1ccc(OC(=O)CC)cc1OCC. The zero-order valence-electron chi connectivity index (χ0n) is 10.5. The van der Waals surface area contributed by atoms with Crippen LogP contribution < -0.4 is 14.2 Å². The first-order valence-electron chi connectivity index (χ1n) is 5.81. The van der Waals surface area contributed by atoms with Crippen LogP contribution in [0.4, 0.5) is 0 Å². The Hall–Kier alpha value is -1.71. The van der Waals surface area contributed by atoms with Gasteiger partial charge in [-0.25, -0.2) is 0 Å². The minimum absolute atomic E-state index is 0.267. The van der Waals surface area contributed by atoms with Crippen LogP contribution in [0.25, 0.3) is 0 Å². The quantitative estimate of drug-likeness (QED) is 0.564. The molecule has 0 bridgehead atoms. The molecule has 0 fully saturated rings. The van der Waals surface area contributed by atoms with Gasteiger partial charge in [0.05, 0.1) is 13.2 Å². The molecule has 0 saturated heterocycles. The van der Waals surface area contributed by atoms with Crippen LogP contribution in [-0.2, 0) is 4.79 Å². The molecular formula is C13H18O4. The monoisotopic (exact) mass is 238 g/mol. The fourth-order valence-corrected chi connectivity index (χ4v) is 1.30. The molecule has 1 aromatic rings. The number of rotatable bonds is 6. The predicted octanol–water partition coefficient (Wildman–Crippen LogP) is 2.80. The third-order valence-electron chi connectivity index (χ3n) is 2.04. The highest BCUT2D eigenvalue weighted by molar-refractivity contribution is 5.72. The summed E-state index contributed by atoms with van der Waals surface area (Å²) >= 11 is 0. The fraction of sp³-hybridized carbons (Fsp3) is 0.462. The zero-order valence-corrected chi connectivity index (χ0v) is 10.5. The van der Waals surface area contributed by atoms with Crippen LogP contribution >= 0.6 is 0 Å². The number of ether oxygens (including phenoxy) is 3. The van der Waals surface area contributed by atoms with Gasteiger partial charge in [-0.3, -0.25) is 4.79 Å². The van der Waals surface area contributed by atoms with E-state index in [0.717, 1.165) is 0 Å². The fourth-order valence-electron chi connectivity index (χ4n) is 1.30. The van der Waals surface area contributed by atoms with Crippen molar-refractivity contribution in [3.8, 4) is 17.2 Å². The Morgan fingerprint density at radius 1 is 1.06 bits per heavy atom. The molecule has 0 aliphatic rings. The summed E-state index contributed by atoms with van der Waals surface area (Å²) in [6, 6.07) is 5.11. The van der Waals surface area contributed by atoms with E-state index < -0.39 is 0 Å². The third-order valence-corrected chi connectivity index (χ3v) is 2.04. The van der Waals surface area contributed by atoms with Crippen molar-refractivity contribution in [2.24, 2.45) is 0 Å². The second-order valence-electron chi connectivity index (χ2n) is 3.30. The van der Waals surface area contributed by atoms with Gasteiger partial charge in [0.1, 0.15) is 5.75 Å². The van der Waals surface area contributed by atoms with E-state index in [9.17, 15) is 4.79 Å². The van der Waals surface area contributed by atoms with Gasteiger partial charge in [0, 0.05) is 12.5 Å². The highest BCUT2D eigenvalue weighted by atomic mass is 16.5. The van der Waals surface area contributed by atoms with Crippen molar-refractivity contribution in [3.63, 3.8) is 0 Å².